The van der Waals surface area contributed by atoms with Gasteiger partial charge in [0.1, 0.15) is 0 Å². The zero-order valence-electron chi connectivity index (χ0n) is 12.3. The van der Waals surface area contributed by atoms with E-state index in [2.05, 4.69) is 20.7 Å². The number of nitrogens with zero attached hydrogens (tertiary/aromatic N) is 3. The van der Waals surface area contributed by atoms with Gasteiger partial charge in [0.15, 0.2) is 5.69 Å². The summed E-state index contributed by atoms with van der Waals surface area (Å²) in [5.74, 6) is -0.303. The van der Waals surface area contributed by atoms with Crippen molar-refractivity contribution < 1.29 is 13.2 Å². The Bertz CT molecular complexity index is 753. The van der Waals surface area contributed by atoms with Crippen molar-refractivity contribution in [3.63, 3.8) is 0 Å². The normalized spacial score (nSPS) is 17.0. The average molecular weight is 335 g/mol. The van der Waals surface area contributed by atoms with Gasteiger partial charge in [0.05, 0.1) is 11.1 Å². The summed E-state index contributed by atoms with van der Waals surface area (Å²) >= 11 is 0. The smallest absolute Gasteiger partial charge is 0.273 e. The predicted molar refractivity (Wildman–Crippen MR) is 82.1 cm³/mol. The van der Waals surface area contributed by atoms with Gasteiger partial charge in [0.25, 0.3) is 5.91 Å². The molecule has 1 fully saturated rings. The highest BCUT2D eigenvalue weighted by molar-refractivity contribution is 7.89. The SMILES string of the molecule is O=C(NC1CCN(S(=O)(=O)c2ccccc2)CC1)c1cn[nH]n1. The number of hydrogen-bond acceptors (Lipinski definition) is 5. The Kier molecular flexibility index (Phi) is 4.39. The highest BCUT2D eigenvalue weighted by Gasteiger charge is 2.30. The summed E-state index contributed by atoms with van der Waals surface area (Å²) in [7, 11) is -3.46. The maximum Gasteiger partial charge on any atom is 0.273 e. The van der Waals surface area contributed by atoms with Crippen molar-refractivity contribution in [2.24, 2.45) is 0 Å². The Morgan fingerprint density at radius 3 is 2.52 bits per heavy atom. The molecule has 122 valence electrons. The zero-order valence-corrected chi connectivity index (χ0v) is 13.2. The largest absolute Gasteiger partial charge is 0.348 e. The first kappa shape index (κ1) is 15.6. The lowest BCUT2D eigenvalue weighted by molar-refractivity contribution is 0.0918. The number of carbonyl (C=O) groups excluding carboxylic acids is 1. The molecule has 1 saturated heterocycles. The van der Waals surface area contributed by atoms with Crippen molar-refractivity contribution in [1.29, 1.82) is 0 Å². The third kappa shape index (κ3) is 3.40. The fourth-order valence-electron chi connectivity index (χ4n) is 2.55. The molecule has 0 unspecified atom stereocenters. The number of nitrogens with one attached hydrogen (secondary N) is 2. The van der Waals surface area contributed by atoms with E-state index in [4.69, 9.17) is 0 Å². The van der Waals surface area contributed by atoms with Gasteiger partial charge in [0.2, 0.25) is 10.0 Å². The number of piperidine rings is 1. The van der Waals surface area contributed by atoms with Crippen LogP contribution >= 0.6 is 0 Å². The van der Waals surface area contributed by atoms with Crippen LogP contribution in [-0.2, 0) is 10.0 Å². The highest BCUT2D eigenvalue weighted by atomic mass is 32.2. The maximum atomic E-state index is 12.5. The van der Waals surface area contributed by atoms with Crippen molar-refractivity contribution in [3.05, 3.63) is 42.2 Å². The van der Waals surface area contributed by atoms with Crippen LogP contribution in [0, 0.1) is 0 Å². The molecule has 8 nitrogen and oxygen atoms in total. The standard InChI is InChI=1S/C14H17N5O3S/c20-14(13-10-15-18-17-13)16-11-6-8-19(9-7-11)23(21,22)12-4-2-1-3-5-12/h1-5,10-11H,6-9H2,(H,16,20)(H,15,17,18). The van der Waals surface area contributed by atoms with Gasteiger partial charge in [-0.15, -0.1) is 0 Å². The van der Waals surface area contributed by atoms with Gasteiger partial charge >= 0.3 is 0 Å². The van der Waals surface area contributed by atoms with Crippen LogP contribution in [0.3, 0.4) is 0 Å². The molecule has 0 radical (unpaired) electrons. The van der Waals surface area contributed by atoms with E-state index in [9.17, 15) is 13.2 Å². The number of sulfonamides is 1. The second-order valence-electron chi connectivity index (χ2n) is 5.32. The number of aromatic nitrogens is 3. The fourth-order valence-corrected chi connectivity index (χ4v) is 4.04. The summed E-state index contributed by atoms with van der Waals surface area (Å²) < 4.78 is 26.5. The van der Waals surface area contributed by atoms with Crippen molar-refractivity contribution in [1.82, 2.24) is 25.0 Å². The molecule has 1 aliphatic rings. The third-order valence-corrected chi connectivity index (χ3v) is 5.73. The maximum absolute atomic E-state index is 12.5. The van der Waals surface area contributed by atoms with E-state index in [1.165, 1.54) is 10.5 Å². The molecule has 9 heteroatoms. The summed E-state index contributed by atoms with van der Waals surface area (Å²) in [6.07, 6.45) is 2.48. The molecular formula is C14H17N5O3S. The molecule has 0 spiro atoms. The van der Waals surface area contributed by atoms with Gasteiger partial charge in [0, 0.05) is 19.1 Å². The molecule has 0 aliphatic carbocycles. The first-order valence-corrected chi connectivity index (χ1v) is 8.73. The molecule has 1 aromatic carbocycles. The van der Waals surface area contributed by atoms with Gasteiger partial charge in [-0.1, -0.05) is 18.2 Å². The van der Waals surface area contributed by atoms with Crippen molar-refractivity contribution in [2.45, 2.75) is 23.8 Å². The number of rotatable bonds is 4. The molecule has 0 saturated carbocycles. The fraction of sp³-hybridized carbons (Fsp3) is 0.357. The zero-order chi connectivity index (χ0) is 16.3. The van der Waals surface area contributed by atoms with E-state index in [-0.39, 0.29) is 17.6 Å². The molecule has 2 heterocycles. The van der Waals surface area contributed by atoms with E-state index < -0.39 is 10.0 Å². The summed E-state index contributed by atoms with van der Waals surface area (Å²) in [6.45, 7) is 0.752. The van der Waals surface area contributed by atoms with Crippen LogP contribution in [0.25, 0.3) is 0 Å². The molecule has 3 rings (SSSR count). The number of carbonyl (C=O) groups is 1. The molecular weight excluding hydrogens is 318 g/mol. The molecule has 1 aromatic heterocycles. The molecule has 1 aliphatic heterocycles. The van der Waals surface area contributed by atoms with E-state index in [0.717, 1.165) is 0 Å². The van der Waals surface area contributed by atoms with Crippen molar-refractivity contribution in [2.75, 3.05) is 13.1 Å². The van der Waals surface area contributed by atoms with Gasteiger partial charge < -0.3 is 5.32 Å². The Balaban J connectivity index is 1.59. The third-order valence-electron chi connectivity index (χ3n) is 3.82. The lowest BCUT2D eigenvalue weighted by Gasteiger charge is -2.31. The van der Waals surface area contributed by atoms with E-state index >= 15 is 0 Å². The van der Waals surface area contributed by atoms with E-state index in [0.29, 0.717) is 30.8 Å². The number of H-pyrrole nitrogens is 1. The van der Waals surface area contributed by atoms with Crippen molar-refractivity contribution in [3.8, 4) is 0 Å². The lowest BCUT2D eigenvalue weighted by Crippen LogP contribution is -2.46. The van der Waals surface area contributed by atoms with Crippen LogP contribution in [0.15, 0.2) is 41.4 Å². The molecule has 1 amide bonds. The predicted octanol–water partition coefficient (Wildman–Crippen LogP) is 0.388. The minimum Gasteiger partial charge on any atom is -0.348 e. The molecule has 23 heavy (non-hydrogen) atoms. The summed E-state index contributed by atoms with van der Waals surface area (Å²) in [4.78, 5) is 12.2. The molecule has 2 N–H and O–H groups in total. The quantitative estimate of drug-likeness (QED) is 0.840. The van der Waals surface area contributed by atoms with Gasteiger partial charge in [-0.05, 0) is 25.0 Å². The lowest BCUT2D eigenvalue weighted by atomic mass is 10.1. The molecule has 0 bridgehead atoms. The van der Waals surface area contributed by atoms with Crippen LogP contribution in [-0.4, -0.2) is 53.2 Å². The second kappa shape index (κ2) is 6.47. The Labute approximate surface area is 133 Å². The first-order chi connectivity index (χ1) is 11.1. The minimum atomic E-state index is -3.46. The van der Waals surface area contributed by atoms with Gasteiger partial charge in [-0.25, -0.2) is 8.42 Å². The van der Waals surface area contributed by atoms with Crippen LogP contribution in [0.5, 0.6) is 0 Å². The molecule has 2 aromatic rings. The monoisotopic (exact) mass is 335 g/mol. The second-order valence-corrected chi connectivity index (χ2v) is 7.26. The van der Waals surface area contributed by atoms with Crippen LogP contribution in [0.4, 0.5) is 0 Å². The Morgan fingerprint density at radius 1 is 1.22 bits per heavy atom. The van der Waals surface area contributed by atoms with E-state index in [1.807, 2.05) is 0 Å². The van der Waals surface area contributed by atoms with E-state index in [1.54, 1.807) is 30.3 Å². The topological polar surface area (TPSA) is 108 Å². The summed E-state index contributed by atoms with van der Waals surface area (Å²) in [6, 6.07) is 8.31. The average Bonchev–Trinajstić information content (AvgIpc) is 3.11. The Morgan fingerprint density at radius 2 is 1.91 bits per heavy atom. The first-order valence-electron chi connectivity index (χ1n) is 7.29. The van der Waals surface area contributed by atoms with Gasteiger partial charge in [-0.2, -0.15) is 19.7 Å². The number of aromatic amines is 1. The minimum absolute atomic E-state index is 0.0681. The number of amides is 1. The van der Waals surface area contributed by atoms with Crippen LogP contribution in [0.1, 0.15) is 23.3 Å². The number of hydrogen-bond donors (Lipinski definition) is 2. The summed E-state index contributed by atoms with van der Waals surface area (Å²) in [5.41, 5.74) is 0.226. The van der Waals surface area contributed by atoms with Crippen LogP contribution in [0.2, 0.25) is 0 Å². The van der Waals surface area contributed by atoms with Gasteiger partial charge in [-0.3, -0.25) is 4.79 Å². The Hall–Kier alpha value is -2.26. The molecule has 0 atom stereocenters. The van der Waals surface area contributed by atoms with Crippen LogP contribution < -0.4 is 5.32 Å². The highest BCUT2D eigenvalue weighted by Crippen LogP contribution is 2.20. The summed E-state index contributed by atoms with van der Waals surface area (Å²) in [5, 5.41) is 12.5. The van der Waals surface area contributed by atoms with Crippen molar-refractivity contribution >= 4 is 15.9 Å². The number of benzene rings is 1.